The minimum absolute atomic E-state index is 0.477. The molecule has 2 heterocycles. The first-order valence-corrected chi connectivity index (χ1v) is 6.47. The van der Waals surface area contributed by atoms with Crippen molar-refractivity contribution in [1.29, 1.82) is 0 Å². The zero-order chi connectivity index (χ0) is 12.3. The molecule has 0 spiro atoms. The second-order valence-corrected chi connectivity index (χ2v) is 5.12. The zero-order valence-corrected chi connectivity index (χ0v) is 11.1. The fourth-order valence-corrected chi connectivity index (χ4v) is 2.46. The van der Waals surface area contributed by atoms with Crippen molar-refractivity contribution < 1.29 is 4.74 Å². The molecule has 2 atom stereocenters. The van der Waals surface area contributed by atoms with Gasteiger partial charge in [-0.25, -0.2) is 4.98 Å². The van der Waals surface area contributed by atoms with Crippen molar-refractivity contribution in [2.45, 2.75) is 32.9 Å². The highest BCUT2D eigenvalue weighted by Gasteiger charge is 2.21. The summed E-state index contributed by atoms with van der Waals surface area (Å²) >= 11 is 5.93. The van der Waals surface area contributed by atoms with Crippen LogP contribution in [0.15, 0.2) is 12.1 Å². The van der Waals surface area contributed by atoms with Gasteiger partial charge in [0.1, 0.15) is 5.15 Å². The molecule has 1 aliphatic heterocycles. The van der Waals surface area contributed by atoms with Gasteiger partial charge < -0.3 is 10.1 Å². The van der Waals surface area contributed by atoms with Crippen LogP contribution in [0.4, 0.5) is 0 Å². The zero-order valence-electron chi connectivity index (χ0n) is 10.4. The van der Waals surface area contributed by atoms with Crippen LogP contribution in [0.2, 0.25) is 5.15 Å². The molecule has 0 aromatic carbocycles. The van der Waals surface area contributed by atoms with E-state index >= 15 is 0 Å². The molecule has 1 saturated heterocycles. The minimum atomic E-state index is 0.477. The van der Waals surface area contributed by atoms with Crippen molar-refractivity contribution in [3.63, 3.8) is 0 Å². The molecular weight excluding hydrogens is 236 g/mol. The van der Waals surface area contributed by atoms with Gasteiger partial charge in [-0.2, -0.15) is 0 Å². The number of hydrogen-bond donors (Lipinski definition) is 1. The van der Waals surface area contributed by atoms with Gasteiger partial charge in [-0.05, 0) is 43.9 Å². The van der Waals surface area contributed by atoms with Crippen molar-refractivity contribution in [1.82, 2.24) is 10.3 Å². The van der Waals surface area contributed by atoms with Gasteiger partial charge in [-0.3, -0.25) is 0 Å². The molecule has 1 fully saturated rings. The van der Waals surface area contributed by atoms with Crippen LogP contribution in [0, 0.1) is 12.8 Å². The summed E-state index contributed by atoms with van der Waals surface area (Å²) in [6, 6.07) is 4.46. The number of nitrogens with one attached hydrogen (secondary N) is 1. The number of nitrogens with zero attached hydrogens (tertiary/aromatic N) is 1. The van der Waals surface area contributed by atoms with Gasteiger partial charge in [0.25, 0.3) is 0 Å². The Labute approximate surface area is 108 Å². The molecule has 0 amide bonds. The third-order valence-electron chi connectivity index (χ3n) is 3.28. The van der Waals surface area contributed by atoms with E-state index < -0.39 is 0 Å². The molecule has 0 saturated carbocycles. The summed E-state index contributed by atoms with van der Waals surface area (Å²) in [6.07, 6.45) is 1.16. The Morgan fingerprint density at radius 1 is 1.59 bits per heavy atom. The lowest BCUT2D eigenvalue weighted by molar-refractivity contribution is 0.178. The van der Waals surface area contributed by atoms with Crippen LogP contribution in [-0.2, 0) is 11.3 Å². The Kier molecular flexibility index (Phi) is 4.37. The van der Waals surface area contributed by atoms with E-state index in [1.54, 1.807) is 0 Å². The number of halogens is 1. The number of aryl methyl sites for hydroxylation is 1. The molecular formula is C13H19ClN2O. The van der Waals surface area contributed by atoms with Gasteiger partial charge in [0.15, 0.2) is 0 Å². The van der Waals surface area contributed by atoms with Crippen LogP contribution < -0.4 is 5.32 Å². The fraction of sp³-hybridized carbons (Fsp3) is 0.615. The molecule has 1 aromatic heterocycles. The van der Waals surface area contributed by atoms with Crippen LogP contribution in [0.1, 0.15) is 24.6 Å². The van der Waals surface area contributed by atoms with E-state index in [9.17, 15) is 0 Å². The van der Waals surface area contributed by atoms with Gasteiger partial charge in [0, 0.05) is 24.9 Å². The van der Waals surface area contributed by atoms with E-state index in [1.807, 2.05) is 13.0 Å². The number of pyridine rings is 1. The van der Waals surface area contributed by atoms with Crippen molar-refractivity contribution in [3.05, 3.63) is 28.5 Å². The lowest BCUT2D eigenvalue weighted by atomic mass is 10.0. The SMILES string of the molecule is Cc1cc(CN[C@@H](C)[C@@H]2CCOC2)cc(Cl)n1. The summed E-state index contributed by atoms with van der Waals surface area (Å²) in [4.78, 5) is 4.16. The van der Waals surface area contributed by atoms with Crippen molar-refractivity contribution in [2.24, 2.45) is 5.92 Å². The van der Waals surface area contributed by atoms with Crippen molar-refractivity contribution >= 4 is 11.6 Å². The van der Waals surface area contributed by atoms with Gasteiger partial charge in [0.05, 0.1) is 6.61 Å². The minimum Gasteiger partial charge on any atom is -0.381 e. The average Bonchev–Trinajstić information content (AvgIpc) is 2.78. The van der Waals surface area contributed by atoms with E-state index in [0.717, 1.165) is 31.9 Å². The Balaban J connectivity index is 1.88. The first kappa shape index (κ1) is 12.8. The van der Waals surface area contributed by atoms with E-state index in [-0.39, 0.29) is 0 Å². The summed E-state index contributed by atoms with van der Waals surface area (Å²) < 4.78 is 5.40. The molecule has 1 N–H and O–H groups in total. The first-order valence-electron chi connectivity index (χ1n) is 6.09. The summed E-state index contributed by atoms with van der Waals surface area (Å²) in [7, 11) is 0. The van der Waals surface area contributed by atoms with E-state index in [1.165, 1.54) is 5.56 Å². The predicted molar refractivity (Wildman–Crippen MR) is 69.2 cm³/mol. The lowest BCUT2D eigenvalue weighted by Gasteiger charge is -2.19. The maximum absolute atomic E-state index is 5.93. The van der Waals surface area contributed by atoms with Crippen LogP contribution >= 0.6 is 11.6 Å². The predicted octanol–water partition coefficient (Wildman–Crippen LogP) is 2.56. The van der Waals surface area contributed by atoms with Crippen molar-refractivity contribution in [2.75, 3.05) is 13.2 Å². The first-order chi connectivity index (χ1) is 8.15. The van der Waals surface area contributed by atoms with E-state index in [4.69, 9.17) is 16.3 Å². The maximum Gasteiger partial charge on any atom is 0.129 e. The monoisotopic (exact) mass is 254 g/mol. The molecule has 0 bridgehead atoms. The lowest BCUT2D eigenvalue weighted by Crippen LogP contribution is -2.33. The Bertz CT molecular complexity index is 357. The molecule has 0 radical (unpaired) electrons. The summed E-state index contributed by atoms with van der Waals surface area (Å²) in [6.45, 7) is 6.79. The highest BCUT2D eigenvalue weighted by Crippen LogP contribution is 2.17. The number of aromatic nitrogens is 1. The Morgan fingerprint density at radius 2 is 2.41 bits per heavy atom. The summed E-state index contributed by atoms with van der Waals surface area (Å²) in [5.41, 5.74) is 2.15. The Morgan fingerprint density at radius 3 is 3.06 bits per heavy atom. The molecule has 3 nitrogen and oxygen atoms in total. The molecule has 0 aliphatic carbocycles. The fourth-order valence-electron chi connectivity index (χ4n) is 2.19. The normalized spacial score (nSPS) is 21.7. The number of hydrogen-bond acceptors (Lipinski definition) is 3. The third-order valence-corrected chi connectivity index (χ3v) is 3.48. The van der Waals surface area contributed by atoms with Crippen LogP contribution in [-0.4, -0.2) is 24.2 Å². The molecule has 1 aromatic rings. The molecule has 17 heavy (non-hydrogen) atoms. The second kappa shape index (κ2) is 5.80. The standard InChI is InChI=1S/C13H19ClN2O/c1-9-5-11(6-13(14)16-9)7-15-10(2)12-3-4-17-8-12/h5-6,10,12,15H,3-4,7-8H2,1-2H3/t10-,12+/m0/s1. The molecule has 94 valence electrons. The van der Waals surface area contributed by atoms with Crippen LogP contribution in [0.5, 0.6) is 0 Å². The summed E-state index contributed by atoms with van der Waals surface area (Å²) in [5.74, 6) is 0.633. The van der Waals surface area contributed by atoms with Gasteiger partial charge >= 0.3 is 0 Å². The smallest absolute Gasteiger partial charge is 0.129 e. The quantitative estimate of drug-likeness (QED) is 0.839. The molecule has 1 aliphatic rings. The highest BCUT2D eigenvalue weighted by atomic mass is 35.5. The molecule has 2 rings (SSSR count). The average molecular weight is 255 g/mol. The van der Waals surface area contributed by atoms with Crippen LogP contribution in [0.25, 0.3) is 0 Å². The highest BCUT2D eigenvalue weighted by molar-refractivity contribution is 6.29. The second-order valence-electron chi connectivity index (χ2n) is 4.73. The largest absolute Gasteiger partial charge is 0.381 e. The topological polar surface area (TPSA) is 34.1 Å². The van der Waals surface area contributed by atoms with E-state index in [0.29, 0.717) is 17.1 Å². The molecule has 0 unspecified atom stereocenters. The summed E-state index contributed by atoms with van der Waals surface area (Å²) in [5, 5.41) is 4.10. The van der Waals surface area contributed by atoms with E-state index in [2.05, 4.69) is 23.3 Å². The van der Waals surface area contributed by atoms with Crippen LogP contribution in [0.3, 0.4) is 0 Å². The van der Waals surface area contributed by atoms with Gasteiger partial charge in [-0.1, -0.05) is 11.6 Å². The Hall–Kier alpha value is -0.640. The third kappa shape index (κ3) is 3.66. The maximum atomic E-state index is 5.93. The molecule has 4 heteroatoms. The van der Waals surface area contributed by atoms with Crippen molar-refractivity contribution in [3.8, 4) is 0 Å². The number of ether oxygens (including phenoxy) is 1. The number of rotatable bonds is 4. The van der Waals surface area contributed by atoms with Gasteiger partial charge in [-0.15, -0.1) is 0 Å². The van der Waals surface area contributed by atoms with Gasteiger partial charge in [0.2, 0.25) is 0 Å².